The molecule has 2 rings (SSSR count). The van der Waals surface area contributed by atoms with Crippen molar-refractivity contribution in [1.82, 2.24) is 0 Å². The second-order valence-corrected chi connectivity index (χ2v) is 6.52. The number of nitrogens with two attached hydrogens (primary N) is 1. The van der Waals surface area contributed by atoms with Crippen LogP contribution in [-0.4, -0.2) is 8.42 Å². The smallest absolute Gasteiger partial charge is 0.262 e. The molecule has 0 spiro atoms. The Morgan fingerprint density at radius 3 is 2.43 bits per heavy atom. The largest absolute Gasteiger partial charge is 0.326 e. The number of nitrogens with one attached hydrogen (secondary N) is 1. The maximum absolute atomic E-state index is 13.1. The lowest BCUT2D eigenvalue weighted by Crippen LogP contribution is -2.15. The van der Waals surface area contributed by atoms with Gasteiger partial charge in [-0.2, -0.15) is 0 Å². The van der Waals surface area contributed by atoms with Gasteiger partial charge in [0.05, 0.1) is 10.6 Å². The number of hydrogen-bond donors (Lipinski definition) is 2. The minimum atomic E-state index is -3.77. The van der Waals surface area contributed by atoms with Crippen molar-refractivity contribution >= 4 is 15.7 Å². The fourth-order valence-electron chi connectivity index (χ4n) is 2.02. The molecular weight excluding hydrogens is 291 g/mol. The third-order valence-electron chi connectivity index (χ3n) is 3.21. The van der Waals surface area contributed by atoms with Crippen LogP contribution in [0.1, 0.15) is 16.7 Å². The standard InChI is InChI=1S/C15H17FN2O2S/c1-10-3-4-12(9-17)8-14(10)18-21(19,20)15-6-5-13(16)7-11(15)2/h3-8,18H,9,17H2,1-2H3. The summed E-state index contributed by atoms with van der Waals surface area (Å²) in [6, 6.07) is 8.93. The van der Waals surface area contributed by atoms with Gasteiger partial charge in [0.1, 0.15) is 5.82 Å². The first-order valence-corrected chi connectivity index (χ1v) is 7.90. The van der Waals surface area contributed by atoms with Crippen molar-refractivity contribution in [3.63, 3.8) is 0 Å². The fourth-order valence-corrected chi connectivity index (χ4v) is 3.37. The van der Waals surface area contributed by atoms with Crippen molar-refractivity contribution in [2.24, 2.45) is 5.73 Å². The summed E-state index contributed by atoms with van der Waals surface area (Å²) in [7, 11) is -3.77. The second-order valence-electron chi connectivity index (χ2n) is 4.87. The molecule has 0 fully saturated rings. The number of benzene rings is 2. The maximum Gasteiger partial charge on any atom is 0.262 e. The molecule has 0 bridgehead atoms. The molecule has 0 atom stereocenters. The minimum absolute atomic E-state index is 0.0569. The van der Waals surface area contributed by atoms with Gasteiger partial charge in [0.2, 0.25) is 0 Å². The normalized spacial score (nSPS) is 11.4. The summed E-state index contributed by atoms with van der Waals surface area (Å²) in [4.78, 5) is 0.0569. The average Bonchev–Trinajstić information content (AvgIpc) is 2.40. The Hall–Kier alpha value is -1.92. The molecule has 0 heterocycles. The molecule has 2 aromatic carbocycles. The van der Waals surface area contributed by atoms with Gasteiger partial charge < -0.3 is 5.73 Å². The molecule has 3 N–H and O–H groups in total. The van der Waals surface area contributed by atoms with E-state index in [1.165, 1.54) is 12.1 Å². The van der Waals surface area contributed by atoms with E-state index in [1.54, 1.807) is 26.0 Å². The molecule has 0 aliphatic heterocycles. The van der Waals surface area contributed by atoms with E-state index in [4.69, 9.17) is 5.73 Å². The Labute approximate surface area is 123 Å². The summed E-state index contributed by atoms with van der Waals surface area (Å²) in [6.07, 6.45) is 0. The minimum Gasteiger partial charge on any atom is -0.326 e. The number of halogens is 1. The van der Waals surface area contributed by atoms with Gasteiger partial charge in [0.15, 0.2) is 0 Å². The van der Waals surface area contributed by atoms with Crippen LogP contribution in [-0.2, 0) is 16.6 Å². The van der Waals surface area contributed by atoms with Gasteiger partial charge in [-0.25, -0.2) is 12.8 Å². The summed E-state index contributed by atoms with van der Waals surface area (Å²) >= 11 is 0. The summed E-state index contributed by atoms with van der Waals surface area (Å²) in [5.74, 6) is -0.465. The van der Waals surface area contributed by atoms with E-state index in [-0.39, 0.29) is 4.90 Å². The Morgan fingerprint density at radius 2 is 1.81 bits per heavy atom. The van der Waals surface area contributed by atoms with Crippen LogP contribution in [0, 0.1) is 19.7 Å². The Morgan fingerprint density at radius 1 is 1.10 bits per heavy atom. The Balaban J connectivity index is 2.42. The van der Waals surface area contributed by atoms with Crippen molar-refractivity contribution in [3.8, 4) is 0 Å². The van der Waals surface area contributed by atoms with Crippen LogP contribution in [0.25, 0.3) is 0 Å². The summed E-state index contributed by atoms with van der Waals surface area (Å²) in [5.41, 5.74) is 8.01. The highest BCUT2D eigenvalue weighted by atomic mass is 32.2. The number of hydrogen-bond acceptors (Lipinski definition) is 3. The molecule has 0 saturated carbocycles. The van der Waals surface area contributed by atoms with Crippen LogP contribution in [0.15, 0.2) is 41.3 Å². The van der Waals surface area contributed by atoms with E-state index in [1.807, 2.05) is 6.07 Å². The van der Waals surface area contributed by atoms with Gasteiger partial charge >= 0.3 is 0 Å². The van der Waals surface area contributed by atoms with E-state index in [2.05, 4.69) is 4.72 Å². The van der Waals surface area contributed by atoms with Crippen LogP contribution >= 0.6 is 0 Å². The van der Waals surface area contributed by atoms with Gasteiger partial charge in [0.25, 0.3) is 10.0 Å². The molecule has 21 heavy (non-hydrogen) atoms. The van der Waals surface area contributed by atoms with E-state index in [9.17, 15) is 12.8 Å². The van der Waals surface area contributed by atoms with Crippen molar-refractivity contribution in [2.75, 3.05) is 4.72 Å². The number of sulfonamides is 1. The lowest BCUT2D eigenvalue weighted by Gasteiger charge is -2.13. The molecule has 0 saturated heterocycles. The van der Waals surface area contributed by atoms with E-state index in [0.29, 0.717) is 17.8 Å². The molecule has 0 amide bonds. The van der Waals surface area contributed by atoms with Crippen molar-refractivity contribution < 1.29 is 12.8 Å². The van der Waals surface area contributed by atoms with Gasteiger partial charge in [-0.15, -0.1) is 0 Å². The van der Waals surface area contributed by atoms with E-state index in [0.717, 1.165) is 17.2 Å². The highest BCUT2D eigenvalue weighted by Crippen LogP contribution is 2.23. The molecule has 0 unspecified atom stereocenters. The Kier molecular flexibility index (Phi) is 4.29. The van der Waals surface area contributed by atoms with Gasteiger partial charge in [-0.05, 0) is 54.8 Å². The lowest BCUT2D eigenvalue weighted by atomic mass is 10.1. The maximum atomic E-state index is 13.1. The quantitative estimate of drug-likeness (QED) is 0.912. The van der Waals surface area contributed by atoms with Crippen molar-refractivity contribution in [1.29, 1.82) is 0 Å². The van der Waals surface area contributed by atoms with Crippen LogP contribution in [0.4, 0.5) is 10.1 Å². The van der Waals surface area contributed by atoms with Gasteiger partial charge in [0, 0.05) is 6.54 Å². The molecule has 4 nitrogen and oxygen atoms in total. The number of rotatable bonds is 4. The SMILES string of the molecule is Cc1ccc(CN)cc1NS(=O)(=O)c1ccc(F)cc1C. The molecule has 112 valence electrons. The van der Waals surface area contributed by atoms with Crippen LogP contribution in [0.5, 0.6) is 0 Å². The Bertz CT molecular complexity index is 773. The third kappa shape index (κ3) is 3.40. The molecule has 0 aliphatic rings. The second kappa shape index (κ2) is 5.83. The first-order valence-electron chi connectivity index (χ1n) is 6.42. The number of aryl methyl sites for hydroxylation is 2. The molecule has 2 aromatic rings. The zero-order valence-electron chi connectivity index (χ0n) is 11.9. The van der Waals surface area contributed by atoms with Gasteiger partial charge in [-0.3, -0.25) is 4.72 Å². The highest BCUT2D eigenvalue weighted by molar-refractivity contribution is 7.92. The van der Waals surface area contributed by atoms with Crippen LogP contribution in [0.3, 0.4) is 0 Å². The van der Waals surface area contributed by atoms with Crippen LogP contribution in [0.2, 0.25) is 0 Å². The molecular formula is C15H17FN2O2S. The topological polar surface area (TPSA) is 72.2 Å². The average molecular weight is 308 g/mol. The monoisotopic (exact) mass is 308 g/mol. The summed E-state index contributed by atoms with van der Waals surface area (Å²) in [5, 5.41) is 0. The number of anilines is 1. The zero-order valence-corrected chi connectivity index (χ0v) is 12.7. The molecule has 6 heteroatoms. The predicted molar refractivity (Wildman–Crippen MR) is 81.0 cm³/mol. The molecule has 0 aliphatic carbocycles. The lowest BCUT2D eigenvalue weighted by molar-refractivity contribution is 0.598. The summed E-state index contributed by atoms with van der Waals surface area (Å²) < 4.78 is 40.5. The predicted octanol–water partition coefficient (Wildman–Crippen LogP) is 2.70. The molecule has 0 radical (unpaired) electrons. The van der Waals surface area contributed by atoms with Gasteiger partial charge in [-0.1, -0.05) is 12.1 Å². The van der Waals surface area contributed by atoms with E-state index < -0.39 is 15.8 Å². The first-order chi connectivity index (χ1) is 9.83. The third-order valence-corrected chi connectivity index (χ3v) is 4.73. The van der Waals surface area contributed by atoms with Crippen molar-refractivity contribution in [3.05, 3.63) is 58.9 Å². The first kappa shape index (κ1) is 15.5. The summed E-state index contributed by atoms with van der Waals surface area (Å²) in [6.45, 7) is 3.68. The molecule has 0 aromatic heterocycles. The van der Waals surface area contributed by atoms with Crippen LogP contribution < -0.4 is 10.5 Å². The highest BCUT2D eigenvalue weighted by Gasteiger charge is 2.18. The fraction of sp³-hybridized carbons (Fsp3) is 0.200. The van der Waals surface area contributed by atoms with E-state index >= 15 is 0 Å². The zero-order chi connectivity index (χ0) is 15.6. The van der Waals surface area contributed by atoms with Crippen molar-refractivity contribution in [2.45, 2.75) is 25.3 Å².